The van der Waals surface area contributed by atoms with Gasteiger partial charge in [0.2, 0.25) is 0 Å². The number of ether oxygens (including phenoxy) is 2. The smallest absolute Gasteiger partial charge is 0.124 e. The van der Waals surface area contributed by atoms with Gasteiger partial charge in [-0.3, -0.25) is 0 Å². The predicted molar refractivity (Wildman–Crippen MR) is 118 cm³/mol. The number of rotatable bonds is 6. The van der Waals surface area contributed by atoms with Crippen LogP contribution in [0.3, 0.4) is 0 Å². The highest BCUT2D eigenvalue weighted by Gasteiger charge is 2.33. The summed E-state index contributed by atoms with van der Waals surface area (Å²) in [6.07, 6.45) is 9.04. The van der Waals surface area contributed by atoms with Crippen LogP contribution in [0.1, 0.15) is 76.0 Å². The summed E-state index contributed by atoms with van der Waals surface area (Å²) in [5, 5.41) is 0. The topological polar surface area (TPSA) is 44.5 Å². The lowest BCUT2D eigenvalue weighted by atomic mass is 9.75. The van der Waals surface area contributed by atoms with E-state index in [4.69, 9.17) is 15.2 Å². The Kier molecular flexibility index (Phi) is 6.15. The van der Waals surface area contributed by atoms with Crippen LogP contribution in [0.2, 0.25) is 0 Å². The molecule has 0 saturated heterocycles. The molecule has 1 aliphatic heterocycles. The first kappa shape index (κ1) is 20.3. The highest BCUT2D eigenvalue weighted by atomic mass is 16.5. The third kappa shape index (κ3) is 4.95. The van der Waals surface area contributed by atoms with E-state index in [0.717, 1.165) is 56.4 Å². The van der Waals surface area contributed by atoms with Crippen molar-refractivity contribution in [2.45, 2.75) is 83.0 Å². The van der Waals surface area contributed by atoms with Gasteiger partial charge in [0.05, 0.1) is 6.10 Å². The molecule has 1 heterocycles. The molecule has 2 unspecified atom stereocenters. The maximum atomic E-state index is 6.67. The van der Waals surface area contributed by atoms with E-state index >= 15 is 0 Å². The van der Waals surface area contributed by atoms with Crippen LogP contribution in [0.15, 0.2) is 48.5 Å². The van der Waals surface area contributed by atoms with Gasteiger partial charge in [-0.05, 0) is 80.2 Å². The van der Waals surface area contributed by atoms with Crippen LogP contribution in [0.25, 0.3) is 0 Å². The van der Waals surface area contributed by atoms with Crippen LogP contribution in [-0.4, -0.2) is 11.6 Å². The molecule has 1 aliphatic carbocycles. The molecule has 2 aromatic carbocycles. The molecule has 0 amide bonds. The Morgan fingerprint density at radius 3 is 2.59 bits per heavy atom. The Balaban J connectivity index is 1.34. The lowest BCUT2D eigenvalue weighted by Crippen LogP contribution is -2.46. The van der Waals surface area contributed by atoms with E-state index in [2.05, 4.69) is 56.3 Å². The zero-order valence-electron chi connectivity index (χ0n) is 17.9. The van der Waals surface area contributed by atoms with E-state index in [1.165, 1.54) is 17.5 Å². The third-order valence-electron chi connectivity index (χ3n) is 6.83. The van der Waals surface area contributed by atoms with Crippen molar-refractivity contribution >= 4 is 0 Å². The van der Waals surface area contributed by atoms with Crippen molar-refractivity contribution in [1.29, 1.82) is 0 Å². The van der Waals surface area contributed by atoms with Gasteiger partial charge in [0, 0.05) is 5.54 Å². The predicted octanol–water partition coefficient (Wildman–Crippen LogP) is 6.21. The van der Waals surface area contributed by atoms with Crippen LogP contribution >= 0.6 is 0 Å². The molecule has 2 atom stereocenters. The zero-order chi connectivity index (χ0) is 20.3. The Morgan fingerprint density at radius 1 is 1.10 bits per heavy atom. The van der Waals surface area contributed by atoms with E-state index in [1.807, 2.05) is 6.07 Å². The lowest BCUT2D eigenvalue weighted by molar-refractivity contribution is 0.107. The second-order valence-electron chi connectivity index (χ2n) is 9.22. The summed E-state index contributed by atoms with van der Waals surface area (Å²) in [6.45, 7) is 4.57. The Morgan fingerprint density at radius 2 is 1.86 bits per heavy atom. The molecular weight excluding hydrogens is 358 g/mol. The number of hydrogen-bond acceptors (Lipinski definition) is 3. The third-order valence-corrected chi connectivity index (χ3v) is 6.83. The molecule has 156 valence electrons. The fourth-order valence-electron chi connectivity index (χ4n) is 4.86. The normalized spacial score (nSPS) is 27.6. The molecule has 29 heavy (non-hydrogen) atoms. The van der Waals surface area contributed by atoms with Gasteiger partial charge in [-0.1, -0.05) is 50.6 Å². The fourth-order valence-corrected chi connectivity index (χ4v) is 4.86. The van der Waals surface area contributed by atoms with Gasteiger partial charge in [0.25, 0.3) is 0 Å². The monoisotopic (exact) mass is 393 g/mol. The molecule has 3 heteroatoms. The minimum atomic E-state index is 0.00539. The Bertz CT molecular complexity index is 796. The van der Waals surface area contributed by atoms with Gasteiger partial charge < -0.3 is 15.2 Å². The van der Waals surface area contributed by atoms with E-state index < -0.39 is 0 Å². The Labute approximate surface area is 175 Å². The standard InChI is InChI=1S/C26H35NO2/c1-3-19(2)18-26(27)15-13-22(14-16-26)28-23-10-12-25-21(17-23)9-11-24(29-25)20-7-5-4-6-8-20/h4-8,10,12,17,19,22,24H,3,9,11,13-16,18,27H2,1-2H3. The molecule has 0 spiro atoms. The molecule has 2 N–H and O–H groups in total. The highest BCUT2D eigenvalue weighted by molar-refractivity contribution is 5.42. The summed E-state index contributed by atoms with van der Waals surface area (Å²) in [7, 11) is 0. The summed E-state index contributed by atoms with van der Waals surface area (Å²) >= 11 is 0. The minimum Gasteiger partial charge on any atom is -0.490 e. The SMILES string of the molecule is CCC(C)CC1(N)CCC(Oc2ccc3c(c2)CCC(c2ccccc2)O3)CC1. The van der Waals surface area contributed by atoms with Crippen LogP contribution < -0.4 is 15.2 Å². The van der Waals surface area contributed by atoms with E-state index in [1.54, 1.807) is 0 Å². The summed E-state index contributed by atoms with van der Waals surface area (Å²) in [5.41, 5.74) is 9.19. The highest BCUT2D eigenvalue weighted by Crippen LogP contribution is 2.38. The van der Waals surface area contributed by atoms with E-state index in [-0.39, 0.29) is 17.7 Å². The minimum absolute atomic E-state index is 0.00539. The fraction of sp³-hybridized carbons (Fsp3) is 0.538. The van der Waals surface area contributed by atoms with Crippen molar-refractivity contribution in [2.75, 3.05) is 0 Å². The largest absolute Gasteiger partial charge is 0.490 e. The summed E-state index contributed by atoms with van der Waals surface area (Å²) in [6, 6.07) is 16.8. The lowest BCUT2D eigenvalue weighted by Gasteiger charge is -2.38. The summed E-state index contributed by atoms with van der Waals surface area (Å²) < 4.78 is 12.6. The van der Waals surface area contributed by atoms with Crippen molar-refractivity contribution in [3.63, 3.8) is 0 Å². The molecule has 0 radical (unpaired) electrons. The maximum Gasteiger partial charge on any atom is 0.124 e. The first-order valence-corrected chi connectivity index (χ1v) is 11.3. The van der Waals surface area contributed by atoms with Crippen LogP contribution in [-0.2, 0) is 6.42 Å². The van der Waals surface area contributed by atoms with Crippen LogP contribution in [0.5, 0.6) is 11.5 Å². The van der Waals surface area contributed by atoms with Crippen molar-refractivity contribution < 1.29 is 9.47 Å². The Hall–Kier alpha value is -2.00. The van der Waals surface area contributed by atoms with Gasteiger partial charge in [-0.25, -0.2) is 0 Å². The van der Waals surface area contributed by atoms with Gasteiger partial charge in [0.15, 0.2) is 0 Å². The molecular formula is C26H35NO2. The molecule has 2 aromatic rings. The van der Waals surface area contributed by atoms with Gasteiger partial charge in [-0.2, -0.15) is 0 Å². The van der Waals surface area contributed by atoms with Crippen molar-refractivity contribution in [1.82, 2.24) is 0 Å². The molecule has 0 aromatic heterocycles. The van der Waals surface area contributed by atoms with Crippen molar-refractivity contribution in [3.05, 3.63) is 59.7 Å². The molecule has 4 rings (SSSR count). The van der Waals surface area contributed by atoms with Gasteiger partial charge in [-0.15, -0.1) is 0 Å². The summed E-state index contributed by atoms with van der Waals surface area (Å²) in [5.74, 6) is 2.68. The number of fused-ring (bicyclic) bond motifs is 1. The first-order chi connectivity index (χ1) is 14.0. The van der Waals surface area contributed by atoms with E-state index in [9.17, 15) is 0 Å². The first-order valence-electron chi connectivity index (χ1n) is 11.3. The number of hydrogen-bond donors (Lipinski definition) is 1. The second-order valence-corrected chi connectivity index (χ2v) is 9.22. The van der Waals surface area contributed by atoms with E-state index in [0.29, 0.717) is 5.92 Å². The van der Waals surface area contributed by atoms with Crippen molar-refractivity contribution in [3.8, 4) is 11.5 Å². The average molecular weight is 394 g/mol. The maximum absolute atomic E-state index is 6.67. The quantitative estimate of drug-likeness (QED) is 0.635. The number of nitrogens with two attached hydrogens (primary N) is 1. The molecule has 1 fully saturated rings. The molecule has 0 bridgehead atoms. The van der Waals surface area contributed by atoms with Gasteiger partial charge in [0.1, 0.15) is 17.6 Å². The van der Waals surface area contributed by atoms with Gasteiger partial charge >= 0.3 is 0 Å². The zero-order valence-corrected chi connectivity index (χ0v) is 17.9. The van der Waals surface area contributed by atoms with Crippen LogP contribution in [0.4, 0.5) is 0 Å². The summed E-state index contributed by atoms with van der Waals surface area (Å²) in [4.78, 5) is 0. The average Bonchev–Trinajstić information content (AvgIpc) is 2.75. The number of benzene rings is 2. The molecule has 3 nitrogen and oxygen atoms in total. The van der Waals surface area contributed by atoms with Crippen LogP contribution in [0, 0.1) is 5.92 Å². The second kappa shape index (κ2) is 8.79. The molecule has 2 aliphatic rings. The van der Waals surface area contributed by atoms with Crippen molar-refractivity contribution in [2.24, 2.45) is 11.7 Å². The number of aryl methyl sites for hydroxylation is 1. The molecule has 1 saturated carbocycles.